The molecule has 0 bridgehead atoms. The molecule has 0 heterocycles. The van der Waals surface area contributed by atoms with E-state index >= 15 is 0 Å². The van der Waals surface area contributed by atoms with Crippen molar-refractivity contribution >= 4 is 5.78 Å². The zero-order valence-corrected chi connectivity index (χ0v) is 8.26. The first-order valence-electron chi connectivity index (χ1n) is 4.54. The van der Waals surface area contributed by atoms with Crippen LogP contribution in [0.2, 0.25) is 0 Å². The number of carbonyl (C=O) groups is 1. The standard InChI is InChI=1S/C11H18O/c1-4-6-7-11(12)9-8-10(3)5-2/h5,8-9H,4,6-7H2,1-3H3/b9-8-,10-5+. The topological polar surface area (TPSA) is 17.1 Å². The fraction of sp³-hybridized carbons (Fsp3) is 0.545. The molecule has 0 N–H and O–H groups in total. The maximum Gasteiger partial charge on any atom is 0.155 e. The first kappa shape index (κ1) is 11.2. The predicted molar refractivity (Wildman–Crippen MR) is 53.1 cm³/mol. The fourth-order valence-corrected chi connectivity index (χ4v) is 0.755. The second-order valence-corrected chi connectivity index (χ2v) is 2.94. The van der Waals surface area contributed by atoms with Crippen molar-refractivity contribution in [2.24, 2.45) is 0 Å². The lowest BCUT2D eigenvalue weighted by molar-refractivity contribution is -0.114. The van der Waals surface area contributed by atoms with Crippen LogP contribution in [-0.4, -0.2) is 5.78 Å². The van der Waals surface area contributed by atoms with Gasteiger partial charge in [0.1, 0.15) is 0 Å². The van der Waals surface area contributed by atoms with Gasteiger partial charge < -0.3 is 0 Å². The molecule has 0 atom stereocenters. The largest absolute Gasteiger partial charge is 0.295 e. The van der Waals surface area contributed by atoms with Crippen molar-refractivity contribution in [3.05, 3.63) is 23.8 Å². The highest BCUT2D eigenvalue weighted by molar-refractivity contribution is 5.89. The van der Waals surface area contributed by atoms with Crippen LogP contribution in [0.15, 0.2) is 23.8 Å². The van der Waals surface area contributed by atoms with Crippen molar-refractivity contribution in [1.82, 2.24) is 0 Å². The van der Waals surface area contributed by atoms with E-state index in [0.29, 0.717) is 6.42 Å². The second-order valence-electron chi connectivity index (χ2n) is 2.94. The highest BCUT2D eigenvalue weighted by atomic mass is 16.1. The minimum absolute atomic E-state index is 0.234. The van der Waals surface area contributed by atoms with E-state index in [0.717, 1.165) is 18.4 Å². The average Bonchev–Trinajstić information content (AvgIpc) is 2.10. The van der Waals surface area contributed by atoms with Gasteiger partial charge in [0.15, 0.2) is 5.78 Å². The second kappa shape index (κ2) is 6.84. The summed E-state index contributed by atoms with van der Waals surface area (Å²) in [5, 5.41) is 0. The summed E-state index contributed by atoms with van der Waals surface area (Å²) in [6.45, 7) is 6.05. The Labute approximate surface area is 75.2 Å². The van der Waals surface area contributed by atoms with E-state index in [1.54, 1.807) is 6.08 Å². The monoisotopic (exact) mass is 166 g/mol. The maximum absolute atomic E-state index is 11.1. The Balaban J connectivity index is 3.76. The van der Waals surface area contributed by atoms with Crippen molar-refractivity contribution in [3.8, 4) is 0 Å². The van der Waals surface area contributed by atoms with E-state index in [1.165, 1.54) is 0 Å². The minimum atomic E-state index is 0.234. The predicted octanol–water partition coefficient (Wildman–Crippen LogP) is 3.27. The first-order valence-corrected chi connectivity index (χ1v) is 4.54. The summed E-state index contributed by atoms with van der Waals surface area (Å²) in [5.74, 6) is 0.234. The molecular weight excluding hydrogens is 148 g/mol. The van der Waals surface area contributed by atoms with Gasteiger partial charge in [0.2, 0.25) is 0 Å². The highest BCUT2D eigenvalue weighted by Gasteiger charge is 1.93. The van der Waals surface area contributed by atoms with Gasteiger partial charge in [0.05, 0.1) is 0 Å². The summed E-state index contributed by atoms with van der Waals surface area (Å²) in [6.07, 6.45) is 8.30. The lowest BCUT2D eigenvalue weighted by Gasteiger charge is -1.91. The van der Waals surface area contributed by atoms with E-state index in [1.807, 2.05) is 26.0 Å². The van der Waals surface area contributed by atoms with Crippen LogP contribution in [-0.2, 0) is 4.79 Å². The van der Waals surface area contributed by atoms with Crippen LogP contribution in [0.25, 0.3) is 0 Å². The number of carbonyl (C=O) groups excluding carboxylic acids is 1. The van der Waals surface area contributed by atoms with Crippen molar-refractivity contribution in [3.63, 3.8) is 0 Å². The molecule has 0 saturated heterocycles. The molecule has 12 heavy (non-hydrogen) atoms. The molecule has 1 heteroatoms. The third-order valence-corrected chi connectivity index (χ3v) is 1.76. The molecule has 0 radical (unpaired) electrons. The molecule has 0 unspecified atom stereocenters. The number of unbranched alkanes of at least 4 members (excludes halogenated alkanes) is 1. The Morgan fingerprint density at radius 3 is 2.50 bits per heavy atom. The summed E-state index contributed by atoms with van der Waals surface area (Å²) in [6, 6.07) is 0. The first-order chi connectivity index (χ1) is 5.70. The van der Waals surface area contributed by atoms with Gasteiger partial charge in [-0.2, -0.15) is 0 Å². The number of allylic oxidation sites excluding steroid dienone is 4. The smallest absolute Gasteiger partial charge is 0.155 e. The summed E-state index contributed by atoms with van der Waals surface area (Å²) < 4.78 is 0. The van der Waals surface area contributed by atoms with Gasteiger partial charge in [-0.05, 0) is 26.3 Å². The minimum Gasteiger partial charge on any atom is -0.295 e. The molecular formula is C11H18O. The SMILES string of the molecule is C/C=C(C)/C=C\C(=O)CCCC. The quantitative estimate of drug-likeness (QED) is 0.452. The van der Waals surface area contributed by atoms with E-state index in [2.05, 4.69) is 6.92 Å². The molecule has 0 rings (SSSR count). The van der Waals surface area contributed by atoms with Gasteiger partial charge >= 0.3 is 0 Å². The number of ketones is 1. The Bertz CT molecular complexity index is 187. The lowest BCUT2D eigenvalue weighted by atomic mass is 10.1. The molecule has 0 amide bonds. The van der Waals surface area contributed by atoms with E-state index in [4.69, 9.17) is 0 Å². The third kappa shape index (κ3) is 5.90. The Morgan fingerprint density at radius 1 is 1.33 bits per heavy atom. The summed E-state index contributed by atoms with van der Waals surface area (Å²) >= 11 is 0. The third-order valence-electron chi connectivity index (χ3n) is 1.76. The maximum atomic E-state index is 11.1. The number of hydrogen-bond donors (Lipinski definition) is 0. The van der Waals surface area contributed by atoms with Crippen LogP contribution in [0.1, 0.15) is 40.0 Å². The Morgan fingerprint density at radius 2 is 2.00 bits per heavy atom. The summed E-state index contributed by atoms with van der Waals surface area (Å²) in [7, 11) is 0. The van der Waals surface area contributed by atoms with Gasteiger partial charge in [0, 0.05) is 6.42 Å². The molecule has 0 aliphatic rings. The molecule has 0 aromatic rings. The van der Waals surface area contributed by atoms with Gasteiger partial charge in [0.25, 0.3) is 0 Å². The fourth-order valence-electron chi connectivity index (χ4n) is 0.755. The number of hydrogen-bond acceptors (Lipinski definition) is 1. The molecule has 0 aliphatic carbocycles. The molecule has 0 fully saturated rings. The molecule has 68 valence electrons. The Kier molecular flexibility index (Phi) is 6.35. The van der Waals surface area contributed by atoms with Crippen LogP contribution in [0.5, 0.6) is 0 Å². The molecule has 0 spiro atoms. The molecule has 1 nitrogen and oxygen atoms in total. The van der Waals surface area contributed by atoms with Gasteiger partial charge in [-0.25, -0.2) is 0 Å². The van der Waals surface area contributed by atoms with Crippen molar-refractivity contribution in [2.75, 3.05) is 0 Å². The number of rotatable bonds is 5. The molecule has 0 aromatic heterocycles. The highest BCUT2D eigenvalue weighted by Crippen LogP contribution is 1.99. The van der Waals surface area contributed by atoms with Crippen molar-refractivity contribution in [2.45, 2.75) is 40.0 Å². The molecule has 0 aromatic carbocycles. The molecule has 0 aliphatic heterocycles. The van der Waals surface area contributed by atoms with Crippen LogP contribution >= 0.6 is 0 Å². The van der Waals surface area contributed by atoms with Crippen molar-refractivity contribution in [1.29, 1.82) is 0 Å². The summed E-state index contributed by atoms with van der Waals surface area (Å²) in [4.78, 5) is 11.1. The van der Waals surface area contributed by atoms with Gasteiger partial charge in [-0.3, -0.25) is 4.79 Å². The van der Waals surface area contributed by atoms with Crippen LogP contribution < -0.4 is 0 Å². The van der Waals surface area contributed by atoms with Crippen LogP contribution in [0.3, 0.4) is 0 Å². The zero-order chi connectivity index (χ0) is 9.40. The zero-order valence-electron chi connectivity index (χ0n) is 8.26. The van der Waals surface area contributed by atoms with E-state index in [9.17, 15) is 4.79 Å². The van der Waals surface area contributed by atoms with E-state index in [-0.39, 0.29) is 5.78 Å². The Hall–Kier alpha value is -0.850. The van der Waals surface area contributed by atoms with Crippen molar-refractivity contribution < 1.29 is 4.79 Å². The van der Waals surface area contributed by atoms with Crippen LogP contribution in [0.4, 0.5) is 0 Å². The van der Waals surface area contributed by atoms with E-state index < -0.39 is 0 Å². The van der Waals surface area contributed by atoms with Crippen LogP contribution in [0, 0.1) is 0 Å². The lowest BCUT2D eigenvalue weighted by Crippen LogP contribution is -1.91. The molecule has 0 saturated carbocycles. The summed E-state index contributed by atoms with van der Waals surface area (Å²) in [5.41, 5.74) is 1.14. The normalized spacial score (nSPS) is 12.4. The van der Waals surface area contributed by atoms with Gasteiger partial charge in [-0.1, -0.05) is 31.1 Å². The van der Waals surface area contributed by atoms with Gasteiger partial charge in [-0.15, -0.1) is 0 Å². The average molecular weight is 166 g/mol.